The second kappa shape index (κ2) is 6.66. The summed E-state index contributed by atoms with van der Waals surface area (Å²) in [6.45, 7) is 1.20. The molecule has 0 aromatic carbocycles. The predicted molar refractivity (Wildman–Crippen MR) is 69.8 cm³/mol. The third-order valence-electron chi connectivity index (χ3n) is 2.87. The number of hydrogen-bond donors (Lipinski definition) is 1. The van der Waals surface area contributed by atoms with Crippen molar-refractivity contribution in [3.8, 4) is 6.07 Å². The highest BCUT2D eigenvalue weighted by molar-refractivity contribution is 6.01. The van der Waals surface area contributed by atoms with Gasteiger partial charge < -0.3 is 10.1 Å². The Morgan fingerprint density at radius 3 is 3.21 bits per heavy atom. The van der Waals surface area contributed by atoms with E-state index in [0.717, 1.165) is 25.0 Å². The highest BCUT2D eigenvalue weighted by Crippen LogP contribution is 2.11. The van der Waals surface area contributed by atoms with Crippen LogP contribution in [-0.4, -0.2) is 30.1 Å². The topological polar surface area (TPSA) is 75.0 Å². The molecule has 2 rings (SSSR count). The summed E-state index contributed by atoms with van der Waals surface area (Å²) < 4.78 is 5.41. The molecule has 0 spiro atoms. The van der Waals surface area contributed by atoms with E-state index in [4.69, 9.17) is 10.00 Å². The first-order valence-corrected chi connectivity index (χ1v) is 6.21. The molecule has 1 saturated heterocycles. The van der Waals surface area contributed by atoms with E-state index >= 15 is 0 Å². The fourth-order valence-corrected chi connectivity index (χ4v) is 1.88. The number of carbonyl (C=O) groups is 1. The molecule has 5 nitrogen and oxygen atoms in total. The molecule has 1 aliphatic rings. The van der Waals surface area contributed by atoms with Gasteiger partial charge in [0.2, 0.25) is 0 Å². The van der Waals surface area contributed by atoms with Gasteiger partial charge in [-0.05, 0) is 30.5 Å². The summed E-state index contributed by atoms with van der Waals surface area (Å²) in [7, 11) is 0. The molecule has 0 aliphatic carbocycles. The highest BCUT2D eigenvalue weighted by atomic mass is 16.5. The maximum absolute atomic E-state index is 11.9. The Kier molecular flexibility index (Phi) is 4.65. The van der Waals surface area contributed by atoms with Crippen molar-refractivity contribution >= 4 is 12.0 Å². The summed E-state index contributed by atoms with van der Waals surface area (Å²) >= 11 is 0. The number of nitrogens with zero attached hydrogens (tertiary/aromatic N) is 2. The van der Waals surface area contributed by atoms with Crippen LogP contribution in [0.2, 0.25) is 0 Å². The molecule has 1 N–H and O–H groups in total. The van der Waals surface area contributed by atoms with Crippen molar-refractivity contribution in [2.75, 3.05) is 13.2 Å². The van der Waals surface area contributed by atoms with Gasteiger partial charge in [-0.25, -0.2) is 0 Å². The van der Waals surface area contributed by atoms with E-state index in [1.807, 2.05) is 6.07 Å². The minimum absolute atomic E-state index is 0.0716. The quantitative estimate of drug-likeness (QED) is 0.651. The third kappa shape index (κ3) is 3.90. The van der Waals surface area contributed by atoms with Gasteiger partial charge in [0.15, 0.2) is 0 Å². The summed E-state index contributed by atoms with van der Waals surface area (Å²) in [6, 6.07) is 5.45. The SMILES string of the molecule is N#CC(=Cc1cccnc1)C(=O)NCC1CCCO1. The minimum atomic E-state index is -0.373. The lowest BCUT2D eigenvalue weighted by molar-refractivity contribution is -0.117. The van der Waals surface area contributed by atoms with E-state index in [9.17, 15) is 4.79 Å². The molecule has 0 saturated carbocycles. The molecule has 1 aromatic rings. The molecule has 1 unspecified atom stereocenters. The van der Waals surface area contributed by atoms with Crippen LogP contribution in [-0.2, 0) is 9.53 Å². The number of hydrogen-bond acceptors (Lipinski definition) is 4. The summed E-state index contributed by atoms with van der Waals surface area (Å²) in [5, 5.41) is 11.7. The lowest BCUT2D eigenvalue weighted by Crippen LogP contribution is -2.32. The number of carbonyl (C=O) groups excluding carboxylic acids is 1. The Balaban J connectivity index is 1.95. The number of rotatable bonds is 4. The Labute approximate surface area is 111 Å². The Bertz CT molecular complexity index is 499. The maximum Gasteiger partial charge on any atom is 0.262 e. The molecule has 1 aliphatic heterocycles. The normalized spacial score (nSPS) is 18.9. The Morgan fingerprint density at radius 1 is 1.68 bits per heavy atom. The van der Waals surface area contributed by atoms with E-state index in [0.29, 0.717) is 6.54 Å². The fourth-order valence-electron chi connectivity index (χ4n) is 1.88. The van der Waals surface area contributed by atoms with Crippen molar-refractivity contribution in [2.45, 2.75) is 18.9 Å². The smallest absolute Gasteiger partial charge is 0.262 e. The van der Waals surface area contributed by atoms with Crippen molar-refractivity contribution in [2.24, 2.45) is 0 Å². The van der Waals surface area contributed by atoms with Gasteiger partial charge in [0, 0.05) is 25.5 Å². The van der Waals surface area contributed by atoms with Crippen molar-refractivity contribution < 1.29 is 9.53 Å². The number of ether oxygens (including phenoxy) is 1. The van der Waals surface area contributed by atoms with Crippen LogP contribution in [0.25, 0.3) is 6.08 Å². The average molecular weight is 257 g/mol. The first-order valence-electron chi connectivity index (χ1n) is 6.21. The van der Waals surface area contributed by atoms with E-state index in [1.54, 1.807) is 24.5 Å². The van der Waals surface area contributed by atoms with Crippen LogP contribution in [0.4, 0.5) is 0 Å². The molecule has 1 atom stereocenters. The number of nitrogens with one attached hydrogen (secondary N) is 1. The van der Waals surface area contributed by atoms with E-state index in [2.05, 4.69) is 10.3 Å². The molecule has 5 heteroatoms. The van der Waals surface area contributed by atoms with E-state index < -0.39 is 0 Å². The van der Waals surface area contributed by atoms with Gasteiger partial charge in [-0.15, -0.1) is 0 Å². The number of aromatic nitrogens is 1. The maximum atomic E-state index is 11.9. The van der Waals surface area contributed by atoms with Gasteiger partial charge in [0.25, 0.3) is 5.91 Å². The monoisotopic (exact) mass is 257 g/mol. The summed E-state index contributed by atoms with van der Waals surface area (Å²) in [5.74, 6) is -0.373. The van der Waals surface area contributed by atoms with Crippen molar-refractivity contribution in [3.05, 3.63) is 35.7 Å². The van der Waals surface area contributed by atoms with Gasteiger partial charge >= 0.3 is 0 Å². The van der Waals surface area contributed by atoms with E-state index in [-0.39, 0.29) is 17.6 Å². The van der Waals surface area contributed by atoms with Crippen molar-refractivity contribution in [1.82, 2.24) is 10.3 Å². The van der Waals surface area contributed by atoms with Crippen LogP contribution < -0.4 is 5.32 Å². The van der Waals surface area contributed by atoms with Crippen LogP contribution in [0.3, 0.4) is 0 Å². The first kappa shape index (κ1) is 13.2. The Morgan fingerprint density at radius 2 is 2.58 bits per heavy atom. The Hall–Kier alpha value is -2.19. The van der Waals surface area contributed by atoms with Crippen molar-refractivity contribution in [3.63, 3.8) is 0 Å². The zero-order chi connectivity index (χ0) is 13.5. The van der Waals surface area contributed by atoms with Gasteiger partial charge in [0.1, 0.15) is 11.6 Å². The van der Waals surface area contributed by atoms with Gasteiger partial charge in [-0.3, -0.25) is 9.78 Å². The molecule has 19 heavy (non-hydrogen) atoms. The molecule has 98 valence electrons. The molecule has 0 radical (unpaired) electrons. The van der Waals surface area contributed by atoms with E-state index in [1.165, 1.54) is 6.08 Å². The van der Waals surface area contributed by atoms with Gasteiger partial charge in [-0.2, -0.15) is 5.26 Å². The minimum Gasteiger partial charge on any atom is -0.376 e. The molecule has 0 bridgehead atoms. The van der Waals surface area contributed by atoms with Gasteiger partial charge in [-0.1, -0.05) is 6.07 Å². The second-order valence-electron chi connectivity index (χ2n) is 4.30. The molecule has 1 aromatic heterocycles. The third-order valence-corrected chi connectivity index (χ3v) is 2.87. The number of pyridine rings is 1. The van der Waals surface area contributed by atoms with Crippen molar-refractivity contribution in [1.29, 1.82) is 5.26 Å². The molecule has 1 amide bonds. The largest absolute Gasteiger partial charge is 0.376 e. The van der Waals surface area contributed by atoms with Crippen LogP contribution in [0.1, 0.15) is 18.4 Å². The number of amides is 1. The average Bonchev–Trinajstić information content (AvgIpc) is 2.96. The number of nitriles is 1. The highest BCUT2D eigenvalue weighted by Gasteiger charge is 2.17. The summed E-state index contributed by atoms with van der Waals surface area (Å²) in [4.78, 5) is 15.8. The summed E-state index contributed by atoms with van der Waals surface area (Å²) in [6.07, 6.45) is 6.82. The van der Waals surface area contributed by atoms with Crippen LogP contribution in [0.5, 0.6) is 0 Å². The van der Waals surface area contributed by atoms with Crippen LogP contribution in [0.15, 0.2) is 30.1 Å². The molecule has 1 fully saturated rings. The standard InChI is InChI=1S/C14H15N3O2/c15-8-12(7-11-3-1-5-16-9-11)14(18)17-10-13-4-2-6-19-13/h1,3,5,7,9,13H,2,4,6,10H2,(H,17,18). The predicted octanol–water partition coefficient (Wildman–Crippen LogP) is 1.28. The van der Waals surface area contributed by atoms with Crippen LogP contribution >= 0.6 is 0 Å². The molecular weight excluding hydrogens is 242 g/mol. The van der Waals surface area contributed by atoms with Crippen LogP contribution in [0, 0.1) is 11.3 Å². The first-order chi connectivity index (χ1) is 9.29. The van der Waals surface area contributed by atoms with Gasteiger partial charge in [0.05, 0.1) is 6.10 Å². The zero-order valence-corrected chi connectivity index (χ0v) is 10.5. The second-order valence-corrected chi connectivity index (χ2v) is 4.30. The lowest BCUT2D eigenvalue weighted by Gasteiger charge is -2.10. The fraction of sp³-hybridized carbons (Fsp3) is 0.357. The molecule has 2 heterocycles. The lowest BCUT2D eigenvalue weighted by atomic mass is 10.1. The summed E-state index contributed by atoms with van der Waals surface area (Å²) in [5.41, 5.74) is 0.803. The molecular formula is C14H15N3O2. The zero-order valence-electron chi connectivity index (χ0n) is 10.5.